The third-order valence-corrected chi connectivity index (χ3v) is 3.97. The van der Waals surface area contributed by atoms with E-state index in [2.05, 4.69) is 10.3 Å². The van der Waals surface area contributed by atoms with Gasteiger partial charge in [0.1, 0.15) is 0 Å². The lowest BCUT2D eigenvalue weighted by Crippen LogP contribution is -2.11. The van der Waals surface area contributed by atoms with Crippen LogP contribution in [0, 0.1) is 6.92 Å². The number of carbonyl (C=O) groups is 2. The maximum absolute atomic E-state index is 11.9. The van der Waals surface area contributed by atoms with Crippen molar-refractivity contribution in [3.05, 3.63) is 39.0 Å². The number of aliphatic carboxylic acids is 1. The van der Waals surface area contributed by atoms with Crippen LogP contribution in [0.15, 0.2) is 23.0 Å². The molecule has 19 heavy (non-hydrogen) atoms. The molecule has 0 radical (unpaired) electrons. The Labute approximate surface area is 117 Å². The molecule has 7 heteroatoms. The highest BCUT2D eigenvalue weighted by Crippen LogP contribution is 2.21. The van der Waals surface area contributed by atoms with Crippen molar-refractivity contribution in [2.45, 2.75) is 6.92 Å². The second-order valence-corrected chi connectivity index (χ2v) is 5.47. The van der Waals surface area contributed by atoms with Gasteiger partial charge in [-0.1, -0.05) is 11.3 Å². The van der Waals surface area contributed by atoms with E-state index in [1.54, 1.807) is 5.38 Å². The van der Waals surface area contributed by atoms with Crippen LogP contribution >= 0.6 is 22.7 Å². The zero-order chi connectivity index (χ0) is 13.8. The van der Waals surface area contributed by atoms with Crippen LogP contribution < -0.4 is 5.32 Å². The summed E-state index contributed by atoms with van der Waals surface area (Å²) in [4.78, 5) is 27.0. The number of thiazole rings is 1. The van der Waals surface area contributed by atoms with Gasteiger partial charge in [0, 0.05) is 22.5 Å². The van der Waals surface area contributed by atoms with Crippen molar-refractivity contribution < 1.29 is 14.7 Å². The number of thiophene rings is 1. The van der Waals surface area contributed by atoms with Gasteiger partial charge >= 0.3 is 5.97 Å². The minimum Gasteiger partial charge on any atom is -0.478 e. The minimum absolute atomic E-state index is 0.207. The van der Waals surface area contributed by atoms with Crippen molar-refractivity contribution in [3.63, 3.8) is 0 Å². The van der Waals surface area contributed by atoms with Gasteiger partial charge < -0.3 is 5.11 Å². The van der Waals surface area contributed by atoms with Crippen LogP contribution in [0.1, 0.15) is 20.8 Å². The molecule has 98 valence electrons. The summed E-state index contributed by atoms with van der Waals surface area (Å²) in [5, 5.41) is 15.3. The number of hydrogen-bond acceptors (Lipinski definition) is 5. The van der Waals surface area contributed by atoms with Gasteiger partial charge in [0.15, 0.2) is 5.13 Å². The van der Waals surface area contributed by atoms with Crippen LogP contribution in [0.2, 0.25) is 0 Å². The van der Waals surface area contributed by atoms with E-state index in [1.165, 1.54) is 34.9 Å². The molecule has 2 aromatic rings. The lowest BCUT2D eigenvalue weighted by Gasteiger charge is -1.99. The van der Waals surface area contributed by atoms with Gasteiger partial charge in [0.05, 0.1) is 5.56 Å². The van der Waals surface area contributed by atoms with Gasteiger partial charge in [-0.3, -0.25) is 10.1 Å². The van der Waals surface area contributed by atoms with Gasteiger partial charge in [0.2, 0.25) is 0 Å². The summed E-state index contributed by atoms with van der Waals surface area (Å²) in [7, 11) is 0. The summed E-state index contributed by atoms with van der Waals surface area (Å²) in [5.74, 6) is -1.23. The Balaban J connectivity index is 2.06. The number of aromatic nitrogens is 1. The second-order valence-electron chi connectivity index (χ2n) is 3.66. The largest absolute Gasteiger partial charge is 0.478 e. The first-order valence-electron chi connectivity index (χ1n) is 5.27. The highest BCUT2D eigenvalue weighted by molar-refractivity contribution is 7.16. The van der Waals surface area contributed by atoms with Crippen molar-refractivity contribution in [2.75, 3.05) is 5.32 Å². The Morgan fingerprint density at radius 2 is 2.21 bits per heavy atom. The Kier molecular flexibility index (Phi) is 4.08. The summed E-state index contributed by atoms with van der Waals surface area (Å²) in [5.41, 5.74) is 1.55. The first-order valence-corrected chi connectivity index (χ1v) is 7.03. The lowest BCUT2D eigenvalue weighted by atomic mass is 10.2. The number of nitrogens with one attached hydrogen (secondary N) is 1. The fraction of sp³-hybridized carbons (Fsp3) is 0.0833. The molecule has 1 amide bonds. The Hall–Kier alpha value is -1.99. The number of nitrogens with zero attached hydrogens (tertiary/aromatic N) is 1. The van der Waals surface area contributed by atoms with E-state index < -0.39 is 5.97 Å². The number of hydrogen-bond donors (Lipinski definition) is 2. The number of carboxylic acid groups (broad SMARTS) is 1. The minimum atomic E-state index is -1.02. The topological polar surface area (TPSA) is 79.3 Å². The first-order chi connectivity index (χ1) is 9.06. The molecule has 0 fully saturated rings. The molecular weight excluding hydrogens is 284 g/mol. The van der Waals surface area contributed by atoms with E-state index in [9.17, 15) is 9.59 Å². The summed E-state index contributed by atoms with van der Waals surface area (Å²) in [6.45, 7) is 1.87. The molecule has 0 aliphatic carbocycles. The molecule has 2 N–H and O–H groups in total. The number of anilines is 1. The van der Waals surface area contributed by atoms with E-state index in [0.29, 0.717) is 15.6 Å². The first kappa shape index (κ1) is 13.4. The number of carboxylic acids is 1. The van der Waals surface area contributed by atoms with Crippen LogP contribution in [-0.2, 0) is 4.79 Å². The normalized spacial score (nSPS) is 10.8. The van der Waals surface area contributed by atoms with E-state index >= 15 is 0 Å². The van der Waals surface area contributed by atoms with Crippen LogP contribution in [0.3, 0.4) is 0 Å². The molecule has 0 aliphatic rings. The zero-order valence-electron chi connectivity index (χ0n) is 9.91. The van der Waals surface area contributed by atoms with Crippen LogP contribution in [0.5, 0.6) is 0 Å². The highest BCUT2D eigenvalue weighted by atomic mass is 32.1. The third kappa shape index (κ3) is 3.49. The zero-order valence-corrected chi connectivity index (χ0v) is 11.5. The average Bonchev–Trinajstić information content (AvgIpc) is 2.95. The highest BCUT2D eigenvalue weighted by Gasteiger charge is 2.11. The molecule has 0 spiro atoms. The predicted octanol–water partition coefficient (Wildman–Crippen LogP) is 2.86. The molecule has 0 aromatic carbocycles. The van der Waals surface area contributed by atoms with Gasteiger partial charge in [-0.15, -0.1) is 0 Å². The molecule has 2 aromatic heterocycles. The third-order valence-electron chi connectivity index (χ3n) is 2.23. The standard InChI is InChI=1S/C12H10N2O3S2/c1-7-5-18-6-9(7)11(17)14-12-13-4-8(19-12)2-3-10(15)16/h2-6H,1H3,(H,15,16)(H,13,14,17). The van der Waals surface area contributed by atoms with Crippen LogP contribution in [0.4, 0.5) is 5.13 Å². The fourth-order valence-corrected chi connectivity index (χ4v) is 2.87. The molecule has 0 aliphatic heterocycles. The van der Waals surface area contributed by atoms with Gasteiger partial charge in [-0.25, -0.2) is 9.78 Å². The summed E-state index contributed by atoms with van der Waals surface area (Å²) in [6.07, 6.45) is 3.98. The maximum Gasteiger partial charge on any atom is 0.328 e. The number of rotatable bonds is 4. The maximum atomic E-state index is 11.9. The molecule has 0 saturated carbocycles. The molecule has 2 rings (SSSR count). The van der Waals surface area contributed by atoms with Gasteiger partial charge in [-0.2, -0.15) is 11.3 Å². The quantitative estimate of drug-likeness (QED) is 0.850. The molecule has 0 unspecified atom stereocenters. The molecule has 0 atom stereocenters. The number of carbonyl (C=O) groups excluding carboxylic acids is 1. The second kappa shape index (κ2) is 5.77. The monoisotopic (exact) mass is 294 g/mol. The van der Waals surface area contributed by atoms with Crippen molar-refractivity contribution >= 4 is 45.8 Å². The average molecular weight is 294 g/mol. The fourth-order valence-electron chi connectivity index (χ4n) is 1.33. The van der Waals surface area contributed by atoms with Gasteiger partial charge in [-0.05, 0) is 23.9 Å². The SMILES string of the molecule is Cc1cscc1C(=O)Nc1ncc(C=CC(=O)O)s1. The van der Waals surface area contributed by atoms with E-state index in [-0.39, 0.29) is 5.91 Å². The molecular formula is C12H10N2O3S2. The van der Waals surface area contributed by atoms with Crippen LogP contribution in [-0.4, -0.2) is 22.0 Å². The smallest absolute Gasteiger partial charge is 0.328 e. The number of amides is 1. The summed E-state index contributed by atoms with van der Waals surface area (Å²) >= 11 is 2.68. The van der Waals surface area contributed by atoms with E-state index in [4.69, 9.17) is 5.11 Å². The molecule has 0 bridgehead atoms. The molecule has 0 saturated heterocycles. The van der Waals surface area contributed by atoms with Crippen molar-refractivity contribution in [3.8, 4) is 0 Å². The lowest BCUT2D eigenvalue weighted by molar-refractivity contribution is -0.131. The Bertz CT molecular complexity index is 643. The van der Waals surface area contributed by atoms with Crippen molar-refractivity contribution in [1.82, 2.24) is 4.98 Å². The Morgan fingerprint density at radius 3 is 2.84 bits per heavy atom. The summed E-state index contributed by atoms with van der Waals surface area (Å²) in [6, 6.07) is 0. The summed E-state index contributed by atoms with van der Waals surface area (Å²) < 4.78 is 0. The van der Waals surface area contributed by atoms with Crippen molar-refractivity contribution in [1.29, 1.82) is 0 Å². The predicted molar refractivity (Wildman–Crippen MR) is 75.8 cm³/mol. The van der Waals surface area contributed by atoms with Crippen molar-refractivity contribution in [2.24, 2.45) is 0 Å². The number of aryl methyl sites for hydroxylation is 1. The van der Waals surface area contributed by atoms with E-state index in [1.807, 2.05) is 12.3 Å². The van der Waals surface area contributed by atoms with Crippen LogP contribution in [0.25, 0.3) is 6.08 Å². The molecule has 5 nitrogen and oxygen atoms in total. The Morgan fingerprint density at radius 1 is 1.42 bits per heavy atom. The van der Waals surface area contributed by atoms with Gasteiger partial charge in [0.25, 0.3) is 5.91 Å². The van der Waals surface area contributed by atoms with E-state index in [0.717, 1.165) is 11.6 Å². The molecule has 2 heterocycles.